The van der Waals surface area contributed by atoms with Crippen LogP contribution in [0.1, 0.15) is 43.6 Å². The Bertz CT molecular complexity index is 1220. The van der Waals surface area contributed by atoms with E-state index >= 15 is 0 Å². The van der Waals surface area contributed by atoms with Crippen molar-refractivity contribution in [1.82, 2.24) is 14.2 Å². The smallest absolute Gasteiger partial charge is 0.487 e. The molecule has 1 aromatic heterocycles. The molecule has 208 valence electrons. The highest BCUT2D eigenvalue weighted by Gasteiger charge is 2.43. The minimum atomic E-state index is -5.08. The van der Waals surface area contributed by atoms with Crippen molar-refractivity contribution in [3.05, 3.63) is 54.4 Å². The Morgan fingerprint density at radius 3 is 2.34 bits per heavy atom. The van der Waals surface area contributed by atoms with E-state index in [4.69, 9.17) is 14.6 Å². The van der Waals surface area contributed by atoms with Gasteiger partial charge in [0.2, 0.25) is 10.0 Å². The van der Waals surface area contributed by atoms with Crippen LogP contribution in [0.2, 0.25) is 0 Å². The Kier molecular flexibility index (Phi) is 9.36. The lowest BCUT2D eigenvalue weighted by Crippen LogP contribution is -2.47. The SMILES string of the molecule is CC(C)CCN1[C@H]2CCN(C(=O)c3ccccn3)CC[C@@H]2Oc2ccccc2S1(=O)=O.O=C(O)C(F)(F)F. The first-order chi connectivity index (χ1) is 17.8. The number of hydrogen-bond donors (Lipinski definition) is 1. The molecule has 1 N–H and O–H groups in total. The first-order valence-electron chi connectivity index (χ1n) is 12.1. The van der Waals surface area contributed by atoms with Crippen LogP contribution in [0.4, 0.5) is 13.2 Å². The third kappa shape index (κ3) is 7.01. The normalized spacial score (nSPS) is 21.1. The number of benzene rings is 1. The predicted molar refractivity (Wildman–Crippen MR) is 131 cm³/mol. The fourth-order valence-corrected chi connectivity index (χ4v) is 6.10. The third-order valence-electron chi connectivity index (χ3n) is 6.23. The van der Waals surface area contributed by atoms with Crippen molar-refractivity contribution < 1.29 is 41.0 Å². The summed E-state index contributed by atoms with van der Waals surface area (Å²) in [6, 6.07) is 11.8. The van der Waals surface area contributed by atoms with Gasteiger partial charge in [-0.1, -0.05) is 32.0 Å². The number of halogens is 3. The highest BCUT2D eigenvalue weighted by atomic mass is 32.2. The number of likely N-dealkylation sites (tertiary alicyclic amines) is 1. The molecule has 0 aliphatic carbocycles. The van der Waals surface area contributed by atoms with E-state index < -0.39 is 22.2 Å². The van der Waals surface area contributed by atoms with E-state index in [2.05, 4.69) is 18.8 Å². The third-order valence-corrected chi connectivity index (χ3v) is 8.20. The van der Waals surface area contributed by atoms with Crippen molar-refractivity contribution in [2.24, 2.45) is 5.92 Å². The van der Waals surface area contributed by atoms with E-state index in [0.717, 1.165) is 6.42 Å². The number of carboxylic acids is 1. The van der Waals surface area contributed by atoms with Crippen molar-refractivity contribution in [2.75, 3.05) is 19.6 Å². The summed E-state index contributed by atoms with van der Waals surface area (Å²) in [6.45, 7) is 5.58. The van der Waals surface area contributed by atoms with Gasteiger partial charge in [0.1, 0.15) is 22.4 Å². The average molecular weight is 558 g/mol. The van der Waals surface area contributed by atoms with Gasteiger partial charge < -0.3 is 14.7 Å². The summed E-state index contributed by atoms with van der Waals surface area (Å²) < 4.78 is 66.8. The summed E-state index contributed by atoms with van der Waals surface area (Å²) in [5.74, 6) is -2.11. The number of pyridine rings is 1. The number of sulfonamides is 1. The molecule has 2 aliphatic heterocycles. The summed E-state index contributed by atoms with van der Waals surface area (Å²) in [7, 11) is -3.70. The quantitative estimate of drug-likeness (QED) is 0.608. The Labute approximate surface area is 219 Å². The van der Waals surface area contributed by atoms with Gasteiger partial charge >= 0.3 is 12.1 Å². The van der Waals surface area contributed by atoms with Crippen LogP contribution in [-0.4, -0.2) is 77.5 Å². The molecular weight excluding hydrogens is 527 g/mol. The molecule has 13 heteroatoms. The molecule has 1 amide bonds. The lowest BCUT2D eigenvalue weighted by atomic mass is 10.0. The molecule has 1 fully saturated rings. The summed E-state index contributed by atoms with van der Waals surface area (Å²) in [6.07, 6.45) is -1.94. The lowest BCUT2D eigenvalue weighted by molar-refractivity contribution is -0.192. The van der Waals surface area contributed by atoms with Crippen molar-refractivity contribution in [2.45, 2.75) is 56.3 Å². The summed E-state index contributed by atoms with van der Waals surface area (Å²) >= 11 is 0. The molecule has 1 aromatic carbocycles. The molecule has 0 saturated carbocycles. The van der Waals surface area contributed by atoms with Crippen molar-refractivity contribution in [3.8, 4) is 5.75 Å². The maximum absolute atomic E-state index is 13.6. The molecule has 0 bridgehead atoms. The summed E-state index contributed by atoms with van der Waals surface area (Å²) in [5.41, 5.74) is 0.403. The van der Waals surface area contributed by atoms with Gasteiger partial charge in [-0.05, 0) is 43.0 Å². The van der Waals surface area contributed by atoms with Crippen LogP contribution < -0.4 is 4.74 Å². The van der Waals surface area contributed by atoms with Gasteiger partial charge in [-0.25, -0.2) is 13.2 Å². The van der Waals surface area contributed by atoms with E-state index in [-0.39, 0.29) is 22.9 Å². The zero-order valence-corrected chi connectivity index (χ0v) is 21.8. The molecule has 38 heavy (non-hydrogen) atoms. The van der Waals surface area contributed by atoms with Gasteiger partial charge in [-0.15, -0.1) is 0 Å². The predicted octanol–water partition coefficient (Wildman–Crippen LogP) is 3.82. The molecule has 4 rings (SSSR count). The minimum absolute atomic E-state index is 0.131. The summed E-state index contributed by atoms with van der Waals surface area (Å²) in [5, 5.41) is 7.12. The van der Waals surface area contributed by atoms with Gasteiger partial charge in [0.15, 0.2) is 0 Å². The minimum Gasteiger partial charge on any atom is -0.487 e. The molecule has 2 aromatic rings. The van der Waals surface area contributed by atoms with Crippen LogP contribution in [0.25, 0.3) is 0 Å². The molecule has 9 nitrogen and oxygen atoms in total. The van der Waals surface area contributed by atoms with Gasteiger partial charge in [0, 0.05) is 32.3 Å². The average Bonchev–Trinajstić information content (AvgIpc) is 3.11. The monoisotopic (exact) mass is 557 g/mol. The van der Waals surface area contributed by atoms with Crippen LogP contribution >= 0.6 is 0 Å². The highest BCUT2D eigenvalue weighted by Crippen LogP contribution is 2.36. The van der Waals surface area contributed by atoms with Gasteiger partial charge in [-0.3, -0.25) is 9.78 Å². The largest absolute Gasteiger partial charge is 0.490 e. The Balaban J connectivity index is 0.000000505. The van der Waals surface area contributed by atoms with E-state index in [9.17, 15) is 26.4 Å². The number of nitrogens with zero attached hydrogens (tertiary/aromatic N) is 3. The van der Waals surface area contributed by atoms with Crippen LogP contribution in [0.3, 0.4) is 0 Å². The molecule has 0 unspecified atom stereocenters. The molecule has 0 spiro atoms. The maximum atomic E-state index is 13.6. The van der Waals surface area contributed by atoms with Crippen molar-refractivity contribution >= 4 is 21.9 Å². The second-order valence-corrected chi connectivity index (χ2v) is 11.2. The van der Waals surface area contributed by atoms with Crippen molar-refractivity contribution in [1.29, 1.82) is 0 Å². The van der Waals surface area contributed by atoms with Crippen LogP contribution in [-0.2, 0) is 14.8 Å². The van der Waals surface area contributed by atoms with Gasteiger partial charge in [-0.2, -0.15) is 17.5 Å². The van der Waals surface area contributed by atoms with E-state index in [1.807, 2.05) is 0 Å². The number of carbonyl (C=O) groups excluding carboxylic acids is 1. The standard InChI is InChI=1S/C23H29N3O4S.C2HF3O2/c1-17(2)10-16-26-19-11-14-25(23(27)18-7-5-6-13-24-18)15-12-20(19)30-21-8-3-4-9-22(21)31(26,28)29;3-2(4,5)1(6)7/h3-9,13,17,19-20H,10-12,14-16H2,1-2H3;(H,6,7)/t19-,20-;/m0./s1. The van der Waals surface area contributed by atoms with Crippen LogP contribution in [0.15, 0.2) is 53.6 Å². The fraction of sp³-hybridized carbons (Fsp3) is 0.480. The number of aliphatic carboxylic acids is 1. The molecule has 3 heterocycles. The number of amides is 1. The molecular formula is C25H30F3N3O6S. The summed E-state index contributed by atoms with van der Waals surface area (Å²) in [4.78, 5) is 28.0. The topological polar surface area (TPSA) is 117 Å². The molecule has 0 radical (unpaired) electrons. The number of carbonyl (C=O) groups is 2. The first kappa shape index (κ1) is 29.4. The van der Waals surface area contributed by atoms with Crippen LogP contribution in [0, 0.1) is 5.92 Å². The fourth-order valence-electron chi connectivity index (χ4n) is 4.28. The lowest BCUT2D eigenvalue weighted by Gasteiger charge is -2.32. The maximum Gasteiger partial charge on any atom is 0.490 e. The van der Waals surface area contributed by atoms with Gasteiger partial charge in [0.25, 0.3) is 5.91 Å². The highest BCUT2D eigenvalue weighted by molar-refractivity contribution is 7.89. The Morgan fingerprint density at radius 1 is 1.11 bits per heavy atom. The van der Waals surface area contributed by atoms with E-state index in [1.165, 1.54) is 0 Å². The number of alkyl halides is 3. The van der Waals surface area contributed by atoms with E-state index in [0.29, 0.717) is 49.8 Å². The molecule has 1 saturated heterocycles. The number of para-hydroxylation sites is 1. The Morgan fingerprint density at radius 2 is 1.74 bits per heavy atom. The number of ether oxygens (including phenoxy) is 1. The second kappa shape index (κ2) is 12.1. The second-order valence-electron chi connectivity index (χ2n) is 9.36. The number of rotatable bonds is 4. The Hall–Kier alpha value is -3.19. The molecule has 2 atom stereocenters. The number of fused-ring (bicyclic) bond motifs is 2. The zero-order valence-electron chi connectivity index (χ0n) is 21.0. The van der Waals surface area contributed by atoms with Crippen molar-refractivity contribution in [3.63, 3.8) is 0 Å². The zero-order chi connectivity index (χ0) is 28.1. The number of hydrogen-bond acceptors (Lipinski definition) is 6. The number of carboxylic acid groups (broad SMARTS) is 1. The van der Waals surface area contributed by atoms with Crippen LogP contribution in [0.5, 0.6) is 5.75 Å². The van der Waals surface area contributed by atoms with E-state index in [1.54, 1.807) is 57.9 Å². The first-order valence-corrected chi connectivity index (χ1v) is 13.5. The van der Waals surface area contributed by atoms with Gasteiger partial charge in [0.05, 0.1) is 6.04 Å². The number of aromatic nitrogens is 1. The molecule has 2 aliphatic rings.